The first kappa shape index (κ1) is 8.06. The Labute approximate surface area is 63.4 Å². The fourth-order valence-corrected chi connectivity index (χ4v) is 1.90. The lowest BCUT2D eigenvalue weighted by atomic mass is 9.84. The van der Waals surface area contributed by atoms with Gasteiger partial charge in [-0.15, -0.1) is 0 Å². The van der Waals surface area contributed by atoms with Crippen LogP contribution in [0.15, 0.2) is 0 Å². The molecule has 0 amide bonds. The molecule has 0 aromatic carbocycles. The van der Waals surface area contributed by atoms with Crippen LogP contribution < -0.4 is 0 Å². The number of hydrogen-bond acceptors (Lipinski definition) is 1. The van der Waals surface area contributed by atoms with Crippen LogP contribution in [0.3, 0.4) is 0 Å². The standard InChI is InChI=1S/C9H18O/c1-2-5-8-6-3-4-7-9(8)10/h8-10H,2-7H2,1H3/t8-,9+/m1/s1. The predicted octanol–water partition coefficient (Wildman–Crippen LogP) is 2.34. The van der Waals surface area contributed by atoms with Gasteiger partial charge in [-0.1, -0.05) is 26.2 Å². The molecule has 0 radical (unpaired) electrons. The summed E-state index contributed by atoms with van der Waals surface area (Å²) in [5.41, 5.74) is 0. The molecule has 1 saturated carbocycles. The second-order valence-electron chi connectivity index (χ2n) is 3.40. The third-order valence-corrected chi connectivity index (χ3v) is 2.53. The van der Waals surface area contributed by atoms with E-state index in [9.17, 15) is 5.11 Å². The molecule has 0 saturated heterocycles. The first-order valence-electron chi connectivity index (χ1n) is 4.52. The van der Waals surface area contributed by atoms with Gasteiger partial charge in [0.1, 0.15) is 0 Å². The molecule has 1 heteroatoms. The number of hydrogen-bond donors (Lipinski definition) is 1. The van der Waals surface area contributed by atoms with E-state index in [1.165, 1.54) is 32.1 Å². The van der Waals surface area contributed by atoms with Crippen LogP contribution >= 0.6 is 0 Å². The van der Waals surface area contributed by atoms with Crippen LogP contribution in [-0.4, -0.2) is 11.2 Å². The summed E-state index contributed by atoms with van der Waals surface area (Å²) in [5, 5.41) is 9.50. The monoisotopic (exact) mass is 142 g/mol. The molecule has 0 aromatic rings. The maximum Gasteiger partial charge on any atom is 0.0568 e. The van der Waals surface area contributed by atoms with Crippen molar-refractivity contribution in [2.45, 2.75) is 51.6 Å². The zero-order valence-electron chi connectivity index (χ0n) is 6.84. The number of rotatable bonds is 2. The largest absolute Gasteiger partial charge is 0.393 e. The van der Waals surface area contributed by atoms with E-state index in [-0.39, 0.29) is 6.10 Å². The Balaban J connectivity index is 2.25. The van der Waals surface area contributed by atoms with Gasteiger partial charge in [0, 0.05) is 0 Å². The van der Waals surface area contributed by atoms with Crippen molar-refractivity contribution >= 4 is 0 Å². The van der Waals surface area contributed by atoms with Crippen LogP contribution in [0.5, 0.6) is 0 Å². The molecule has 0 unspecified atom stereocenters. The molecule has 1 aliphatic carbocycles. The van der Waals surface area contributed by atoms with Gasteiger partial charge in [0.2, 0.25) is 0 Å². The maximum absolute atomic E-state index is 9.50. The van der Waals surface area contributed by atoms with Gasteiger partial charge in [-0.25, -0.2) is 0 Å². The molecule has 10 heavy (non-hydrogen) atoms. The number of aliphatic hydroxyl groups is 1. The lowest BCUT2D eigenvalue weighted by molar-refractivity contribution is 0.0650. The minimum absolute atomic E-state index is 0.0219. The number of aliphatic hydroxyl groups excluding tert-OH is 1. The van der Waals surface area contributed by atoms with Gasteiger partial charge in [0.15, 0.2) is 0 Å². The summed E-state index contributed by atoms with van der Waals surface area (Å²) in [6.45, 7) is 2.20. The van der Waals surface area contributed by atoms with E-state index in [2.05, 4.69) is 6.92 Å². The minimum atomic E-state index is 0.0219. The van der Waals surface area contributed by atoms with Gasteiger partial charge in [0.05, 0.1) is 6.10 Å². The van der Waals surface area contributed by atoms with Crippen LogP contribution in [0, 0.1) is 5.92 Å². The first-order chi connectivity index (χ1) is 4.84. The fourth-order valence-electron chi connectivity index (χ4n) is 1.90. The van der Waals surface area contributed by atoms with Crippen molar-refractivity contribution in [3.8, 4) is 0 Å². The molecule has 1 rings (SSSR count). The zero-order chi connectivity index (χ0) is 7.40. The predicted molar refractivity (Wildman–Crippen MR) is 42.9 cm³/mol. The van der Waals surface area contributed by atoms with E-state index in [1.54, 1.807) is 0 Å². The van der Waals surface area contributed by atoms with E-state index >= 15 is 0 Å². The average molecular weight is 142 g/mol. The van der Waals surface area contributed by atoms with Gasteiger partial charge in [0.25, 0.3) is 0 Å². The molecular weight excluding hydrogens is 124 g/mol. The van der Waals surface area contributed by atoms with E-state index in [4.69, 9.17) is 0 Å². The molecule has 0 heterocycles. The van der Waals surface area contributed by atoms with Crippen LogP contribution in [0.2, 0.25) is 0 Å². The summed E-state index contributed by atoms with van der Waals surface area (Å²) in [6.07, 6.45) is 7.35. The highest BCUT2D eigenvalue weighted by atomic mass is 16.3. The van der Waals surface area contributed by atoms with Crippen molar-refractivity contribution < 1.29 is 5.11 Å². The summed E-state index contributed by atoms with van der Waals surface area (Å²) in [5.74, 6) is 0.624. The fraction of sp³-hybridized carbons (Fsp3) is 1.00. The molecule has 1 fully saturated rings. The van der Waals surface area contributed by atoms with Gasteiger partial charge in [-0.2, -0.15) is 0 Å². The van der Waals surface area contributed by atoms with E-state index in [1.807, 2.05) is 0 Å². The van der Waals surface area contributed by atoms with Crippen molar-refractivity contribution in [3.05, 3.63) is 0 Å². The van der Waals surface area contributed by atoms with Crippen LogP contribution in [0.25, 0.3) is 0 Å². The van der Waals surface area contributed by atoms with Crippen LogP contribution in [0.4, 0.5) is 0 Å². The average Bonchev–Trinajstić information content (AvgIpc) is 1.94. The molecule has 1 N–H and O–H groups in total. The normalized spacial score (nSPS) is 34.2. The lowest BCUT2D eigenvalue weighted by Gasteiger charge is -2.26. The molecule has 0 aliphatic heterocycles. The highest BCUT2D eigenvalue weighted by molar-refractivity contribution is 4.73. The molecule has 0 aromatic heterocycles. The van der Waals surface area contributed by atoms with Crippen LogP contribution in [-0.2, 0) is 0 Å². The van der Waals surface area contributed by atoms with Gasteiger partial charge >= 0.3 is 0 Å². The van der Waals surface area contributed by atoms with Gasteiger partial charge < -0.3 is 5.11 Å². The van der Waals surface area contributed by atoms with Crippen molar-refractivity contribution in [1.82, 2.24) is 0 Å². The molecule has 0 bridgehead atoms. The third kappa shape index (κ3) is 1.98. The highest BCUT2D eigenvalue weighted by Gasteiger charge is 2.21. The maximum atomic E-state index is 9.50. The Morgan fingerprint density at radius 1 is 1.30 bits per heavy atom. The molecule has 1 aliphatic rings. The quantitative estimate of drug-likeness (QED) is 0.627. The molecule has 1 nitrogen and oxygen atoms in total. The lowest BCUT2D eigenvalue weighted by Crippen LogP contribution is -2.23. The topological polar surface area (TPSA) is 20.2 Å². The van der Waals surface area contributed by atoms with Gasteiger partial charge in [-0.05, 0) is 25.2 Å². The smallest absolute Gasteiger partial charge is 0.0568 e. The third-order valence-electron chi connectivity index (χ3n) is 2.53. The van der Waals surface area contributed by atoms with Crippen molar-refractivity contribution in [2.75, 3.05) is 0 Å². The van der Waals surface area contributed by atoms with Crippen LogP contribution in [0.1, 0.15) is 45.4 Å². The minimum Gasteiger partial charge on any atom is -0.393 e. The summed E-state index contributed by atoms with van der Waals surface area (Å²) >= 11 is 0. The summed E-state index contributed by atoms with van der Waals surface area (Å²) < 4.78 is 0. The van der Waals surface area contributed by atoms with E-state index < -0.39 is 0 Å². The second kappa shape index (κ2) is 3.97. The summed E-state index contributed by atoms with van der Waals surface area (Å²) in [7, 11) is 0. The van der Waals surface area contributed by atoms with Gasteiger partial charge in [-0.3, -0.25) is 0 Å². The highest BCUT2D eigenvalue weighted by Crippen LogP contribution is 2.27. The first-order valence-corrected chi connectivity index (χ1v) is 4.52. The second-order valence-corrected chi connectivity index (χ2v) is 3.40. The van der Waals surface area contributed by atoms with Crippen molar-refractivity contribution in [3.63, 3.8) is 0 Å². The molecular formula is C9H18O. The molecule has 0 spiro atoms. The van der Waals surface area contributed by atoms with E-state index in [0.717, 1.165) is 6.42 Å². The Bertz CT molecular complexity index is 88.7. The molecule has 60 valence electrons. The Hall–Kier alpha value is -0.0400. The summed E-state index contributed by atoms with van der Waals surface area (Å²) in [4.78, 5) is 0. The molecule has 2 atom stereocenters. The SMILES string of the molecule is CCC[C@@H]1CCCC[C@@H]1O. The zero-order valence-corrected chi connectivity index (χ0v) is 6.84. The Kier molecular flexibility index (Phi) is 3.20. The Morgan fingerprint density at radius 3 is 2.60 bits per heavy atom. The van der Waals surface area contributed by atoms with E-state index in [0.29, 0.717) is 5.92 Å². The van der Waals surface area contributed by atoms with Crippen molar-refractivity contribution in [2.24, 2.45) is 5.92 Å². The Morgan fingerprint density at radius 2 is 2.00 bits per heavy atom. The van der Waals surface area contributed by atoms with Crippen molar-refractivity contribution in [1.29, 1.82) is 0 Å². The summed E-state index contributed by atoms with van der Waals surface area (Å²) in [6, 6.07) is 0.